The molecule has 120 valence electrons. The Morgan fingerprint density at radius 1 is 1.04 bits per heavy atom. The molecule has 3 nitrogen and oxygen atoms in total. The number of para-hydroxylation sites is 2. The molecule has 0 aliphatic rings. The van der Waals surface area contributed by atoms with Crippen molar-refractivity contribution < 1.29 is 4.74 Å². The highest BCUT2D eigenvalue weighted by Gasteiger charge is 2.02. The fourth-order valence-corrected chi connectivity index (χ4v) is 3.27. The van der Waals surface area contributed by atoms with Gasteiger partial charge >= 0.3 is 0 Å². The van der Waals surface area contributed by atoms with Crippen LogP contribution >= 0.6 is 11.8 Å². The zero-order valence-electron chi connectivity index (χ0n) is 13.4. The molecule has 0 fully saturated rings. The molecule has 1 aromatic heterocycles. The number of aromatic nitrogens is 2. The minimum absolute atomic E-state index is 0.770. The molecule has 0 aliphatic heterocycles. The molecular weight excluding hydrogens is 304 g/mol. The van der Waals surface area contributed by atoms with Crippen LogP contribution in [0.5, 0.6) is 5.75 Å². The topological polar surface area (TPSA) is 37.9 Å². The van der Waals surface area contributed by atoms with E-state index in [0.717, 1.165) is 53.6 Å². The first-order chi connectivity index (χ1) is 11.3. The standard InChI is InChI=1S/C19H22N2OS/c1-2-15-9-11-16(12-10-15)22-13-5-6-14-23-19-20-17-7-3-4-8-18(17)21-19/h3-4,7-12H,2,5-6,13-14H2,1H3,(H,20,21). The Balaban J connectivity index is 1.35. The molecule has 1 N–H and O–H groups in total. The van der Waals surface area contributed by atoms with E-state index in [1.165, 1.54) is 5.56 Å². The number of thioether (sulfide) groups is 1. The van der Waals surface area contributed by atoms with E-state index in [0.29, 0.717) is 0 Å². The zero-order chi connectivity index (χ0) is 15.9. The maximum atomic E-state index is 5.77. The quantitative estimate of drug-likeness (QED) is 0.463. The number of H-pyrrole nitrogens is 1. The van der Waals surface area contributed by atoms with E-state index < -0.39 is 0 Å². The van der Waals surface area contributed by atoms with Gasteiger partial charge in [-0.25, -0.2) is 4.98 Å². The number of hydrogen-bond donors (Lipinski definition) is 1. The van der Waals surface area contributed by atoms with Crippen molar-refractivity contribution in [2.75, 3.05) is 12.4 Å². The fourth-order valence-electron chi connectivity index (χ4n) is 2.38. The van der Waals surface area contributed by atoms with E-state index in [-0.39, 0.29) is 0 Å². The first kappa shape index (κ1) is 15.9. The SMILES string of the molecule is CCc1ccc(OCCCCSc2nc3ccccc3[nH]2)cc1. The monoisotopic (exact) mass is 326 g/mol. The highest BCUT2D eigenvalue weighted by molar-refractivity contribution is 7.99. The molecule has 0 saturated carbocycles. The number of nitrogens with one attached hydrogen (secondary N) is 1. The summed E-state index contributed by atoms with van der Waals surface area (Å²) < 4.78 is 5.77. The van der Waals surface area contributed by atoms with Crippen LogP contribution in [-0.4, -0.2) is 22.3 Å². The van der Waals surface area contributed by atoms with Gasteiger partial charge in [-0.3, -0.25) is 0 Å². The maximum Gasteiger partial charge on any atom is 0.166 e. The predicted molar refractivity (Wildman–Crippen MR) is 97.4 cm³/mol. The molecule has 3 aromatic rings. The van der Waals surface area contributed by atoms with Gasteiger partial charge in [-0.05, 0) is 49.1 Å². The van der Waals surface area contributed by atoms with E-state index in [1.807, 2.05) is 18.2 Å². The van der Waals surface area contributed by atoms with Gasteiger partial charge in [0.15, 0.2) is 5.16 Å². The molecule has 1 heterocycles. The van der Waals surface area contributed by atoms with Gasteiger partial charge in [0.2, 0.25) is 0 Å². The molecular formula is C19H22N2OS. The van der Waals surface area contributed by atoms with Crippen LogP contribution in [0.15, 0.2) is 53.7 Å². The van der Waals surface area contributed by atoms with E-state index in [4.69, 9.17) is 4.74 Å². The number of aryl methyl sites for hydroxylation is 1. The summed E-state index contributed by atoms with van der Waals surface area (Å²) in [7, 11) is 0. The summed E-state index contributed by atoms with van der Waals surface area (Å²) >= 11 is 1.78. The van der Waals surface area contributed by atoms with Crippen molar-refractivity contribution in [1.82, 2.24) is 9.97 Å². The summed E-state index contributed by atoms with van der Waals surface area (Å²) in [6.45, 7) is 2.93. The van der Waals surface area contributed by atoms with E-state index in [1.54, 1.807) is 11.8 Å². The number of nitrogens with zero attached hydrogens (tertiary/aromatic N) is 1. The van der Waals surface area contributed by atoms with Crippen molar-refractivity contribution in [2.45, 2.75) is 31.3 Å². The summed E-state index contributed by atoms with van der Waals surface area (Å²) in [4.78, 5) is 7.91. The number of fused-ring (bicyclic) bond motifs is 1. The number of rotatable bonds is 8. The molecule has 0 saturated heterocycles. The molecule has 0 bridgehead atoms. The Kier molecular flexibility index (Phi) is 5.59. The van der Waals surface area contributed by atoms with Gasteiger partial charge in [-0.1, -0.05) is 43.0 Å². The number of imidazole rings is 1. The van der Waals surface area contributed by atoms with E-state index in [9.17, 15) is 0 Å². The Bertz CT molecular complexity index is 703. The summed E-state index contributed by atoms with van der Waals surface area (Å²) in [5.41, 5.74) is 3.49. The van der Waals surface area contributed by atoms with Crippen molar-refractivity contribution in [3.63, 3.8) is 0 Å². The molecule has 4 heteroatoms. The molecule has 0 aliphatic carbocycles. The molecule has 0 unspecified atom stereocenters. The van der Waals surface area contributed by atoms with Crippen LogP contribution in [0.3, 0.4) is 0 Å². The number of benzene rings is 2. The minimum Gasteiger partial charge on any atom is -0.494 e. The lowest BCUT2D eigenvalue weighted by atomic mass is 10.2. The Morgan fingerprint density at radius 2 is 1.87 bits per heavy atom. The molecule has 3 rings (SSSR count). The third kappa shape index (κ3) is 4.52. The van der Waals surface area contributed by atoms with Crippen LogP contribution < -0.4 is 4.74 Å². The second kappa shape index (κ2) is 8.06. The molecule has 0 amide bonds. The van der Waals surface area contributed by atoms with Crippen molar-refractivity contribution in [2.24, 2.45) is 0 Å². The molecule has 23 heavy (non-hydrogen) atoms. The van der Waals surface area contributed by atoms with E-state index >= 15 is 0 Å². The second-order valence-electron chi connectivity index (χ2n) is 5.46. The molecule has 2 aromatic carbocycles. The fraction of sp³-hybridized carbons (Fsp3) is 0.316. The minimum atomic E-state index is 0.770. The van der Waals surface area contributed by atoms with Crippen LogP contribution in [0.4, 0.5) is 0 Å². The smallest absolute Gasteiger partial charge is 0.166 e. The summed E-state index contributed by atoms with van der Waals surface area (Å²) in [5.74, 6) is 2.02. The number of aromatic amines is 1. The molecule has 0 spiro atoms. The predicted octanol–water partition coefficient (Wildman–Crippen LogP) is 5.08. The van der Waals surface area contributed by atoms with Crippen molar-refractivity contribution >= 4 is 22.8 Å². The second-order valence-corrected chi connectivity index (χ2v) is 6.54. The number of hydrogen-bond acceptors (Lipinski definition) is 3. The maximum absolute atomic E-state index is 5.77. The first-order valence-electron chi connectivity index (χ1n) is 8.14. The van der Waals surface area contributed by atoms with Crippen LogP contribution in [0, 0.1) is 0 Å². The molecule has 0 radical (unpaired) electrons. The van der Waals surface area contributed by atoms with Crippen molar-refractivity contribution in [3.8, 4) is 5.75 Å². The van der Waals surface area contributed by atoms with Crippen LogP contribution in [0.2, 0.25) is 0 Å². The zero-order valence-corrected chi connectivity index (χ0v) is 14.2. The van der Waals surface area contributed by atoms with Crippen LogP contribution in [0.1, 0.15) is 25.3 Å². The average molecular weight is 326 g/mol. The van der Waals surface area contributed by atoms with Gasteiger partial charge in [-0.2, -0.15) is 0 Å². The van der Waals surface area contributed by atoms with Crippen LogP contribution in [-0.2, 0) is 6.42 Å². The van der Waals surface area contributed by atoms with Crippen LogP contribution in [0.25, 0.3) is 11.0 Å². The third-order valence-electron chi connectivity index (χ3n) is 3.75. The molecule has 0 atom stereocenters. The Labute approximate surface area is 141 Å². The normalized spacial score (nSPS) is 11.0. The lowest BCUT2D eigenvalue weighted by Crippen LogP contribution is -1.98. The lowest BCUT2D eigenvalue weighted by molar-refractivity contribution is 0.310. The Hall–Kier alpha value is -1.94. The highest BCUT2D eigenvalue weighted by Crippen LogP contribution is 2.20. The van der Waals surface area contributed by atoms with Crippen molar-refractivity contribution in [3.05, 3.63) is 54.1 Å². The van der Waals surface area contributed by atoms with Gasteiger partial charge in [0.1, 0.15) is 5.75 Å². The summed E-state index contributed by atoms with van der Waals surface area (Å²) in [6, 6.07) is 16.5. The number of ether oxygens (including phenoxy) is 1. The van der Waals surface area contributed by atoms with Gasteiger partial charge in [-0.15, -0.1) is 0 Å². The van der Waals surface area contributed by atoms with Gasteiger partial charge < -0.3 is 9.72 Å². The average Bonchev–Trinajstić information content (AvgIpc) is 3.01. The Morgan fingerprint density at radius 3 is 2.65 bits per heavy atom. The highest BCUT2D eigenvalue weighted by atomic mass is 32.2. The van der Waals surface area contributed by atoms with Gasteiger partial charge in [0, 0.05) is 5.75 Å². The number of unbranched alkanes of at least 4 members (excludes halogenated alkanes) is 1. The van der Waals surface area contributed by atoms with Crippen molar-refractivity contribution in [1.29, 1.82) is 0 Å². The first-order valence-corrected chi connectivity index (χ1v) is 9.13. The summed E-state index contributed by atoms with van der Waals surface area (Å²) in [5, 5.41) is 1.00. The third-order valence-corrected chi connectivity index (χ3v) is 4.71. The van der Waals surface area contributed by atoms with E-state index in [2.05, 4.69) is 47.2 Å². The van der Waals surface area contributed by atoms with Gasteiger partial charge in [0.25, 0.3) is 0 Å². The lowest BCUT2D eigenvalue weighted by Gasteiger charge is -2.06. The summed E-state index contributed by atoms with van der Waals surface area (Å²) in [6.07, 6.45) is 3.25. The van der Waals surface area contributed by atoms with Gasteiger partial charge in [0.05, 0.1) is 17.6 Å². The largest absolute Gasteiger partial charge is 0.494 e.